The molecule has 5 N–H and O–H groups in total. The summed E-state index contributed by atoms with van der Waals surface area (Å²) in [5, 5.41) is 9.87. The first-order chi connectivity index (χ1) is 6.91. The molecule has 0 aliphatic heterocycles. The van der Waals surface area contributed by atoms with Crippen molar-refractivity contribution in [2.24, 2.45) is 5.73 Å². The SMILES string of the molecule is CNCCNCCCNCCCCN. The third-order valence-electron chi connectivity index (χ3n) is 2.07. The predicted octanol–water partition coefficient (Wildman–Crippen LogP) is -0.486. The minimum atomic E-state index is 0.813. The fourth-order valence-corrected chi connectivity index (χ4v) is 1.20. The molecule has 0 radical (unpaired) electrons. The van der Waals surface area contributed by atoms with Gasteiger partial charge in [-0.05, 0) is 52.5 Å². The van der Waals surface area contributed by atoms with E-state index in [1.807, 2.05) is 7.05 Å². The Bertz CT molecular complexity index is 86.1. The van der Waals surface area contributed by atoms with Crippen LogP contribution < -0.4 is 21.7 Å². The molecule has 0 heterocycles. The molecule has 0 aromatic carbocycles. The molecule has 0 aliphatic carbocycles. The van der Waals surface area contributed by atoms with Gasteiger partial charge in [0.2, 0.25) is 0 Å². The second-order valence-corrected chi connectivity index (χ2v) is 3.45. The van der Waals surface area contributed by atoms with Gasteiger partial charge in [-0.15, -0.1) is 0 Å². The third-order valence-corrected chi connectivity index (χ3v) is 2.07. The van der Waals surface area contributed by atoms with Gasteiger partial charge in [-0.25, -0.2) is 0 Å². The summed E-state index contributed by atoms with van der Waals surface area (Å²) in [6, 6.07) is 0. The predicted molar refractivity (Wildman–Crippen MR) is 62.6 cm³/mol. The lowest BCUT2D eigenvalue weighted by atomic mass is 10.3. The molecule has 0 rings (SSSR count). The first kappa shape index (κ1) is 13.8. The Morgan fingerprint density at radius 2 is 1.43 bits per heavy atom. The number of nitrogens with two attached hydrogens (primary N) is 1. The van der Waals surface area contributed by atoms with Crippen LogP contribution in [-0.4, -0.2) is 46.3 Å². The summed E-state index contributed by atoms with van der Waals surface area (Å²) < 4.78 is 0. The Balaban J connectivity index is 2.78. The number of hydrogen-bond donors (Lipinski definition) is 4. The van der Waals surface area contributed by atoms with Gasteiger partial charge < -0.3 is 21.7 Å². The maximum Gasteiger partial charge on any atom is 0.00766 e. The Hall–Kier alpha value is -0.160. The van der Waals surface area contributed by atoms with Crippen molar-refractivity contribution < 1.29 is 0 Å². The van der Waals surface area contributed by atoms with E-state index in [4.69, 9.17) is 5.73 Å². The molecule has 86 valence electrons. The number of nitrogens with one attached hydrogen (secondary N) is 3. The molecule has 0 bridgehead atoms. The van der Waals surface area contributed by atoms with Gasteiger partial charge in [0.25, 0.3) is 0 Å². The van der Waals surface area contributed by atoms with Crippen LogP contribution in [0.4, 0.5) is 0 Å². The molecule has 0 aliphatic rings. The van der Waals surface area contributed by atoms with Crippen LogP contribution in [0.15, 0.2) is 0 Å². The summed E-state index contributed by atoms with van der Waals surface area (Å²) >= 11 is 0. The second-order valence-electron chi connectivity index (χ2n) is 3.45. The van der Waals surface area contributed by atoms with Crippen LogP contribution in [0.2, 0.25) is 0 Å². The van der Waals surface area contributed by atoms with Crippen LogP contribution in [0.5, 0.6) is 0 Å². The Morgan fingerprint density at radius 3 is 2.07 bits per heavy atom. The minimum Gasteiger partial charge on any atom is -0.330 e. The van der Waals surface area contributed by atoms with Gasteiger partial charge >= 0.3 is 0 Å². The molecule has 0 fully saturated rings. The Kier molecular flexibility index (Phi) is 12.7. The van der Waals surface area contributed by atoms with Crippen LogP contribution in [0.1, 0.15) is 19.3 Å². The van der Waals surface area contributed by atoms with Gasteiger partial charge in [0.1, 0.15) is 0 Å². The highest BCUT2D eigenvalue weighted by Gasteiger charge is 1.88. The zero-order chi connectivity index (χ0) is 10.5. The van der Waals surface area contributed by atoms with Gasteiger partial charge in [0, 0.05) is 13.1 Å². The topological polar surface area (TPSA) is 62.1 Å². The molecule has 4 heteroatoms. The van der Waals surface area contributed by atoms with Crippen molar-refractivity contribution in [1.82, 2.24) is 16.0 Å². The van der Waals surface area contributed by atoms with E-state index in [0.717, 1.165) is 45.7 Å². The zero-order valence-corrected chi connectivity index (χ0v) is 9.44. The van der Waals surface area contributed by atoms with Crippen LogP contribution in [0.3, 0.4) is 0 Å². The summed E-state index contributed by atoms with van der Waals surface area (Å²) in [6.07, 6.45) is 3.53. The van der Waals surface area contributed by atoms with Crippen molar-refractivity contribution in [2.45, 2.75) is 19.3 Å². The van der Waals surface area contributed by atoms with Crippen LogP contribution in [0, 0.1) is 0 Å². The summed E-state index contributed by atoms with van der Waals surface area (Å²) in [5.41, 5.74) is 5.39. The molecule has 0 aromatic heterocycles. The highest BCUT2D eigenvalue weighted by atomic mass is 14.9. The first-order valence-corrected chi connectivity index (χ1v) is 5.68. The summed E-state index contributed by atoms with van der Waals surface area (Å²) in [7, 11) is 1.97. The standard InChI is InChI=1S/C10H26N4/c1-12-9-10-14-8-4-7-13-6-3-2-5-11/h12-14H,2-11H2,1H3. The lowest BCUT2D eigenvalue weighted by molar-refractivity contribution is 0.571. The maximum atomic E-state index is 5.39. The van der Waals surface area contributed by atoms with Crippen LogP contribution in [0.25, 0.3) is 0 Å². The van der Waals surface area contributed by atoms with E-state index in [1.165, 1.54) is 12.8 Å². The summed E-state index contributed by atoms with van der Waals surface area (Å²) in [4.78, 5) is 0. The highest BCUT2D eigenvalue weighted by molar-refractivity contribution is 4.53. The van der Waals surface area contributed by atoms with Gasteiger partial charge in [0.15, 0.2) is 0 Å². The monoisotopic (exact) mass is 202 g/mol. The number of rotatable bonds is 11. The Labute approximate surface area is 88.0 Å². The van der Waals surface area contributed by atoms with Gasteiger partial charge in [-0.1, -0.05) is 0 Å². The van der Waals surface area contributed by atoms with E-state index in [0.29, 0.717) is 0 Å². The van der Waals surface area contributed by atoms with Gasteiger partial charge in [0.05, 0.1) is 0 Å². The fraction of sp³-hybridized carbons (Fsp3) is 1.00. The van der Waals surface area contributed by atoms with E-state index < -0.39 is 0 Å². The van der Waals surface area contributed by atoms with E-state index in [-0.39, 0.29) is 0 Å². The third kappa shape index (κ3) is 11.8. The summed E-state index contributed by atoms with van der Waals surface area (Å²) in [5.74, 6) is 0. The molecular weight excluding hydrogens is 176 g/mol. The van der Waals surface area contributed by atoms with Crippen LogP contribution in [-0.2, 0) is 0 Å². The lowest BCUT2D eigenvalue weighted by Crippen LogP contribution is -2.28. The van der Waals surface area contributed by atoms with Crippen molar-refractivity contribution >= 4 is 0 Å². The van der Waals surface area contributed by atoms with E-state index in [2.05, 4.69) is 16.0 Å². The molecule has 4 nitrogen and oxygen atoms in total. The number of likely N-dealkylation sites (N-methyl/N-ethyl adjacent to an activating group) is 1. The quantitative estimate of drug-likeness (QED) is 0.342. The van der Waals surface area contributed by atoms with E-state index in [9.17, 15) is 0 Å². The van der Waals surface area contributed by atoms with Gasteiger partial charge in [-0.2, -0.15) is 0 Å². The highest BCUT2D eigenvalue weighted by Crippen LogP contribution is 1.82. The fourth-order valence-electron chi connectivity index (χ4n) is 1.20. The largest absolute Gasteiger partial charge is 0.330 e. The minimum absolute atomic E-state index is 0.813. The molecule has 0 saturated heterocycles. The first-order valence-electron chi connectivity index (χ1n) is 5.68. The molecule has 0 spiro atoms. The maximum absolute atomic E-state index is 5.39. The molecule has 0 unspecified atom stereocenters. The van der Waals surface area contributed by atoms with E-state index >= 15 is 0 Å². The number of unbranched alkanes of at least 4 members (excludes halogenated alkanes) is 1. The average Bonchev–Trinajstić information content (AvgIpc) is 2.21. The normalized spacial score (nSPS) is 10.7. The van der Waals surface area contributed by atoms with E-state index in [1.54, 1.807) is 0 Å². The molecular formula is C10H26N4. The van der Waals surface area contributed by atoms with Gasteiger partial charge in [-0.3, -0.25) is 0 Å². The Morgan fingerprint density at radius 1 is 0.786 bits per heavy atom. The van der Waals surface area contributed by atoms with Crippen molar-refractivity contribution in [3.05, 3.63) is 0 Å². The van der Waals surface area contributed by atoms with Crippen molar-refractivity contribution in [3.63, 3.8) is 0 Å². The molecule has 0 aromatic rings. The smallest absolute Gasteiger partial charge is 0.00766 e. The van der Waals surface area contributed by atoms with Crippen LogP contribution >= 0.6 is 0 Å². The molecule has 0 saturated carbocycles. The molecule has 0 amide bonds. The van der Waals surface area contributed by atoms with Crippen molar-refractivity contribution in [3.8, 4) is 0 Å². The molecule has 14 heavy (non-hydrogen) atoms. The van der Waals surface area contributed by atoms with Crippen molar-refractivity contribution in [2.75, 3.05) is 46.3 Å². The average molecular weight is 202 g/mol. The zero-order valence-electron chi connectivity index (χ0n) is 9.44. The lowest BCUT2D eigenvalue weighted by Gasteiger charge is -2.05. The number of hydrogen-bond acceptors (Lipinski definition) is 4. The second kappa shape index (κ2) is 12.8. The molecule has 0 atom stereocenters. The summed E-state index contributed by atoms with van der Waals surface area (Å²) in [6.45, 7) is 6.23. The van der Waals surface area contributed by atoms with Crippen molar-refractivity contribution in [1.29, 1.82) is 0 Å².